The lowest BCUT2D eigenvalue weighted by molar-refractivity contribution is 0.305. The summed E-state index contributed by atoms with van der Waals surface area (Å²) in [6.45, 7) is 2.35. The Bertz CT molecular complexity index is 637. The molecule has 4 heteroatoms. The van der Waals surface area contributed by atoms with Crippen LogP contribution in [0.4, 0.5) is 0 Å². The summed E-state index contributed by atoms with van der Waals surface area (Å²) >= 11 is 5.89. The van der Waals surface area contributed by atoms with Gasteiger partial charge in [0, 0.05) is 18.1 Å². The van der Waals surface area contributed by atoms with Gasteiger partial charge in [0.2, 0.25) is 0 Å². The van der Waals surface area contributed by atoms with Crippen LogP contribution < -0.4 is 10.1 Å². The Morgan fingerprint density at radius 2 is 1.90 bits per heavy atom. The number of rotatable bonds is 4. The van der Waals surface area contributed by atoms with Crippen LogP contribution in [0.5, 0.6) is 5.75 Å². The van der Waals surface area contributed by atoms with Gasteiger partial charge in [0.15, 0.2) is 0 Å². The number of nitrogens with zero attached hydrogens (tertiary/aromatic N) is 1. The number of nitrogens with one attached hydrogen (secondary N) is 1. The maximum Gasteiger partial charge on any atom is 0.132 e. The molecule has 0 saturated heterocycles. The van der Waals surface area contributed by atoms with Gasteiger partial charge in [-0.05, 0) is 36.2 Å². The van der Waals surface area contributed by atoms with E-state index in [1.165, 1.54) is 0 Å². The molecule has 21 heavy (non-hydrogen) atoms. The SMILES string of the molecule is Clc1ccc(COc2ccccc2C2=NCCCN2)cc1. The van der Waals surface area contributed by atoms with Crippen LogP contribution in [0.3, 0.4) is 0 Å². The molecule has 0 unspecified atom stereocenters. The van der Waals surface area contributed by atoms with Crippen molar-refractivity contribution in [3.05, 3.63) is 64.7 Å². The molecule has 2 aromatic rings. The molecular formula is C17H17ClN2O. The lowest BCUT2D eigenvalue weighted by Crippen LogP contribution is -2.30. The molecule has 1 N–H and O–H groups in total. The highest BCUT2D eigenvalue weighted by Gasteiger charge is 2.12. The summed E-state index contributed by atoms with van der Waals surface area (Å²) in [6.07, 6.45) is 1.08. The van der Waals surface area contributed by atoms with Gasteiger partial charge >= 0.3 is 0 Å². The van der Waals surface area contributed by atoms with Crippen LogP contribution in [-0.4, -0.2) is 18.9 Å². The number of para-hydroxylation sites is 1. The van der Waals surface area contributed by atoms with Gasteiger partial charge in [-0.25, -0.2) is 0 Å². The molecule has 3 rings (SSSR count). The van der Waals surface area contributed by atoms with Crippen LogP contribution in [-0.2, 0) is 6.61 Å². The van der Waals surface area contributed by atoms with E-state index in [9.17, 15) is 0 Å². The normalized spacial score (nSPS) is 14.2. The van der Waals surface area contributed by atoms with E-state index in [-0.39, 0.29) is 0 Å². The summed E-state index contributed by atoms with van der Waals surface area (Å²) in [5.74, 6) is 1.77. The molecule has 0 bridgehead atoms. The highest BCUT2D eigenvalue weighted by atomic mass is 35.5. The van der Waals surface area contributed by atoms with Crippen LogP contribution in [0, 0.1) is 0 Å². The highest BCUT2D eigenvalue weighted by molar-refractivity contribution is 6.30. The summed E-state index contributed by atoms with van der Waals surface area (Å²) in [6, 6.07) is 15.7. The van der Waals surface area contributed by atoms with Crippen molar-refractivity contribution in [2.75, 3.05) is 13.1 Å². The highest BCUT2D eigenvalue weighted by Crippen LogP contribution is 2.21. The molecule has 2 aromatic carbocycles. The van der Waals surface area contributed by atoms with Crippen LogP contribution >= 0.6 is 11.6 Å². The van der Waals surface area contributed by atoms with Crippen molar-refractivity contribution < 1.29 is 4.74 Å². The molecule has 1 aliphatic rings. The minimum absolute atomic E-state index is 0.515. The second kappa shape index (κ2) is 6.64. The zero-order chi connectivity index (χ0) is 14.5. The topological polar surface area (TPSA) is 33.6 Å². The molecular weight excluding hydrogens is 284 g/mol. The molecule has 0 aromatic heterocycles. The molecule has 0 amide bonds. The van der Waals surface area contributed by atoms with E-state index in [0.717, 1.165) is 47.2 Å². The average Bonchev–Trinajstić information content (AvgIpc) is 2.55. The van der Waals surface area contributed by atoms with Crippen molar-refractivity contribution in [3.8, 4) is 5.75 Å². The van der Waals surface area contributed by atoms with E-state index in [4.69, 9.17) is 16.3 Å². The van der Waals surface area contributed by atoms with Crippen molar-refractivity contribution in [3.63, 3.8) is 0 Å². The first-order valence-corrected chi connectivity index (χ1v) is 7.46. The van der Waals surface area contributed by atoms with Gasteiger partial charge in [0.05, 0.1) is 5.56 Å². The quantitative estimate of drug-likeness (QED) is 0.935. The fourth-order valence-electron chi connectivity index (χ4n) is 2.24. The van der Waals surface area contributed by atoms with Crippen molar-refractivity contribution in [2.45, 2.75) is 13.0 Å². The zero-order valence-corrected chi connectivity index (χ0v) is 12.4. The van der Waals surface area contributed by atoms with E-state index < -0.39 is 0 Å². The van der Waals surface area contributed by atoms with Crippen molar-refractivity contribution in [1.29, 1.82) is 0 Å². The fourth-order valence-corrected chi connectivity index (χ4v) is 2.37. The Morgan fingerprint density at radius 1 is 1.10 bits per heavy atom. The minimum Gasteiger partial charge on any atom is -0.488 e. The van der Waals surface area contributed by atoms with Crippen LogP contribution in [0.25, 0.3) is 0 Å². The third-order valence-corrected chi connectivity index (χ3v) is 3.60. The predicted molar refractivity (Wildman–Crippen MR) is 86.2 cm³/mol. The second-order valence-corrected chi connectivity index (χ2v) is 5.36. The summed E-state index contributed by atoms with van der Waals surface area (Å²) in [4.78, 5) is 4.54. The number of halogens is 1. The Morgan fingerprint density at radius 3 is 2.67 bits per heavy atom. The first-order chi connectivity index (χ1) is 10.3. The van der Waals surface area contributed by atoms with E-state index >= 15 is 0 Å². The van der Waals surface area contributed by atoms with Gasteiger partial charge < -0.3 is 10.1 Å². The number of benzene rings is 2. The minimum atomic E-state index is 0.515. The number of aliphatic imine (C=N–C) groups is 1. The Hall–Kier alpha value is -2.00. The standard InChI is InChI=1S/C17H17ClN2O/c18-14-8-6-13(7-9-14)12-21-16-5-2-1-4-15(16)17-19-10-3-11-20-17/h1-2,4-9H,3,10-12H2,(H,19,20). The third-order valence-electron chi connectivity index (χ3n) is 3.35. The van der Waals surface area contributed by atoms with Crippen molar-refractivity contribution in [1.82, 2.24) is 5.32 Å². The fraction of sp³-hybridized carbons (Fsp3) is 0.235. The Labute approximate surface area is 129 Å². The molecule has 0 fully saturated rings. The molecule has 3 nitrogen and oxygen atoms in total. The summed E-state index contributed by atoms with van der Waals surface area (Å²) in [5.41, 5.74) is 2.11. The molecule has 0 aliphatic carbocycles. The van der Waals surface area contributed by atoms with Gasteiger partial charge in [0.25, 0.3) is 0 Å². The molecule has 0 atom stereocenters. The second-order valence-electron chi connectivity index (χ2n) is 4.92. The Balaban J connectivity index is 1.76. The maximum absolute atomic E-state index is 5.95. The summed E-state index contributed by atoms with van der Waals surface area (Å²) in [7, 11) is 0. The molecule has 1 heterocycles. The molecule has 0 radical (unpaired) electrons. The van der Waals surface area contributed by atoms with Crippen LogP contribution in [0.15, 0.2) is 53.5 Å². The van der Waals surface area contributed by atoms with Gasteiger partial charge in [-0.2, -0.15) is 0 Å². The first kappa shape index (κ1) is 14.0. The first-order valence-electron chi connectivity index (χ1n) is 7.08. The third kappa shape index (κ3) is 3.56. The smallest absolute Gasteiger partial charge is 0.132 e. The molecule has 1 aliphatic heterocycles. The monoisotopic (exact) mass is 300 g/mol. The lowest BCUT2D eigenvalue weighted by atomic mass is 10.1. The van der Waals surface area contributed by atoms with E-state index in [2.05, 4.69) is 10.3 Å². The van der Waals surface area contributed by atoms with Gasteiger partial charge in [-0.1, -0.05) is 35.9 Å². The van der Waals surface area contributed by atoms with Gasteiger partial charge in [0.1, 0.15) is 18.2 Å². The number of hydrogen-bond donors (Lipinski definition) is 1. The summed E-state index contributed by atoms with van der Waals surface area (Å²) in [5, 5.41) is 4.07. The largest absolute Gasteiger partial charge is 0.488 e. The van der Waals surface area contributed by atoms with Gasteiger partial charge in [-0.15, -0.1) is 0 Å². The van der Waals surface area contributed by atoms with Crippen LogP contribution in [0.1, 0.15) is 17.5 Å². The molecule has 0 saturated carbocycles. The zero-order valence-electron chi connectivity index (χ0n) is 11.7. The van der Waals surface area contributed by atoms with Crippen molar-refractivity contribution in [2.24, 2.45) is 4.99 Å². The Kier molecular flexibility index (Phi) is 4.41. The van der Waals surface area contributed by atoms with Crippen molar-refractivity contribution >= 4 is 17.4 Å². The predicted octanol–water partition coefficient (Wildman–Crippen LogP) is 3.66. The van der Waals surface area contributed by atoms with E-state index in [1.54, 1.807) is 0 Å². The summed E-state index contributed by atoms with van der Waals surface area (Å²) < 4.78 is 5.95. The number of hydrogen-bond acceptors (Lipinski definition) is 3. The van der Waals surface area contributed by atoms with E-state index in [1.807, 2.05) is 48.5 Å². The number of ether oxygens (including phenoxy) is 1. The average molecular weight is 301 g/mol. The molecule has 108 valence electrons. The van der Waals surface area contributed by atoms with Crippen LogP contribution in [0.2, 0.25) is 5.02 Å². The van der Waals surface area contributed by atoms with Gasteiger partial charge in [-0.3, -0.25) is 4.99 Å². The molecule has 0 spiro atoms. The van der Waals surface area contributed by atoms with E-state index in [0.29, 0.717) is 6.61 Å². The number of amidine groups is 1. The lowest BCUT2D eigenvalue weighted by Gasteiger charge is -2.17. The maximum atomic E-state index is 5.95.